The minimum atomic E-state index is -1.20. The summed E-state index contributed by atoms with van der Waals surface area (Å²) < 4.78 is 19.1. The number of aryl methyl sites for hydroxylation is 1. The molecule has 0 bridgehead atoms. The van der Waals surface area contributed by atoms with Gasteiger partial charge in [-0.1, -0.05) is 42.0 Å². The molecule has 4 rings (SSSR count). The van der Waals surface area contributed by atoms with Crippen molar-refractivity contribution in [2.75, 3.05) is 33.3 Å². The molecule has 8 nitrogen and oxygen atoms in total. The van der Waals surface area contributed by atoms with Gasteiger partial charge in [0.05, 0.1) is 24.2 Å². The number of likely N-dealkylation sites (tertiary alicyclic amines) is 2. The van der Waals surface area contributed by atoms with Crippen molar-refractivity contribution in [3.05, 3.63) is 71.0 Å². The molecule has 3 atom stereocenters. The number of ether oxygens (including phenoxy) is 1. The normalized spacial score (nSPS) is 22.3. The maximum atomic E-state index is 13.9. The van der Waals surface area contributed by atoms with Gasteiger partial charge in [0.1, 0.15) is 11.9 Å². The molecule has 0 saturated carbocycles. The maximum Gasteiger partial charge on any atom is 0.247 e. The Balaban J connectivity index is 1.54. The van der Waals surface area contributed by atoms with E-state index >= 15 is 0 Å². The Labute approximate surface area is 229 Å². The lowest BCUT2D eigenvalue weighted by molar-refractivity contribution is -0.147. The van der Waals surface area contributed by atoms with E-state index in [9.17, 15) is 18.8 Å². The molecule has 2 aromatic rings. The highest BCUT2D eigenvalue weighted by Crippen LogP contribution is 2.49. The fraction of sp³-hybridized carbons (Fsp3) is 0.500. The van der Waals surface area contributed by atoms with E-state index in [1.54, 1.807) is 35.8 Å². The zero-order chi connectivity index (χ0) is 28.4. The summed E-state index contributed by atoms with van der Waals surface area (Å²) in [5, 5.41) is 2.76. The van der Waals surface area contributed by atoms with Gasteiger partial charge in [0, 0.05) is 32.6 Å². The number of carbonyl (C=O) groups excluding carboxylic acids is 3. The second-order valence-electron chi connectivity index (χ2n) is 11.6. The smallest absolute Gasteiger partial charge is 0.247 e. The molecular formula is C30H39FN4O4. The Bertz CT molecular complexity index is 1190. The van der Waals surface area contributed by atoms with Crippen LogP contribution in [0.4, 0.5) is 4.39 Å². The van der Waals surface area contributed by atoms with Gasteiger partial charge < -0.3 is 25.6 Å². The highest BCUT2D eigenvalue weighted by atomic mass is 19.1. The molecule has 2 aliphatic heterocycles. The monoisotopic (exact) mass is 538 g/mol. The third-order valence-electron chi connectivity index (χ3n) is 7.87. The number of carbonyl (C=O) groups is 3. The van der Waals surface area contributed by atoms with Gasteiger partial charge in [0.25, 0.3) is 0 Å². The van der Waals surface area contributed by atoms with E-state index in [2.05, 4.69) is 29.6 Å². The lowest BCUT2D eigenvalue weighted by atomic mass is 9.69. The van der Waals surface area contributed by atoms with E-state index in [0.29, 0.717) is 25.9 Å². The molecule has 0 aromatic heterocycles. The van der Waals surface area contributed by atoms with Crippen LogP contribution in [0.5, 0.6) is 0 Å². The van der Waals surface area contributed by atoms with Crippen molar-refractivity contribution >= 4 is 17.7 Å². The predicted octanol–water partition coefficient (Wildman–Crippen LogP) is 2.74. The van der Waals surface area contributed by atoms with E-state index < -0.39 is 22.9 Å². The van der Waals surface area contributed by atoms with Gasteiger partial charge >= 0.3 is 0 Å². The molecule has 2 saturated heterocycles. The highest BCUT2D eigenvalue weighted by molar-refractivity contribution is 5.92. The van der Waals surface area contributed by atoms with Crippen LogP contribution in [-0.4, -0.2) is 72.4 Å². The minimum Gasteiger partial charge on any atom is -0.374 e. The molecule has 0 aliphatic carbocycles. The number of likely N-dealkylation sites (N-methyl/N-ethyl adjacent to an activating group) is 1. The molecule has 1 spiro atoms. The first-order chi connectivity index (χ1) is 18.4. The van der Waals surface area contributed by atoms with Crippen LogP contribution >= 0.6 is 0 Å². The summed E-state index contributed by atoms with van der Waals surface area (Å²) in [7, 11) is 1.81. The number of hydrogen-bond acceptors (Lipinski definition) is 5. The average molecular weight is 539 g/mol. The molecule has 9 heteroatoms. The molecule has 3 unspecified atom stereocenters. The van der Waals surface area contributed by atoms with Crippen molar-refractivity contribution in [3.8, 4) is 0 Å². The van der Waals surface area contributed by atoms with E-state index in [0.717, 1.165) is 16.7 Å². The summed E-state index contributed by atoms with van der Waals surface area (Å²) in [5.74, 6) is -1.14. The Morgan fingerprint density at radius 2 is 1.85 bits per heavy atom. The molecule has 0 radical (unpaired) electrons. The average Bonchev–Trinajstić information content (AvgIpc) is 3.13. The SMILES string of the molecule is Cc1ccc(C2CN(C)C(=O)C23CCCN(C(=O)C(COCc2ccc(F)cc2)NC(=O)C(C)(C)N)C3)cc1. The molecule has 3 N–H and O–H groups in total. The zero-order valence-electron chi connectivity index (χ0n) is 23.2. The van der Waals surface area contributed by atoms with Crippen molar-refractivity contribution in [1.82, 2.24) is 15.1 Å². The fourth-order valence-electron chi connectivity index (χ4n) is 5.63. The predicted molar refractivity (Wildman–Crippen MR) is 146 cm³/mol. The topological polar surface area (TPSA) is 105 Å². The summed E-state index contributed by atoms with van der Waals surface area (Å²) >= 11 is 0. The summed E-state index contributed by atoms with van der Waals surface area (Å²) in [6.07, 6.45) is 1.36. The molecular weight excluding hydrogens is 499 g/mol. The zero-order valence-corrected chi connectivity index (χ0v) is 23.2. The number of nitrogens with one attached hydrogen (secondary N) is 1. The van der Waals surface area contributed by atoms with Crippen LogP contribution in [0.2, 0.25) is 0 Å². The van der Waals surface area contributed by atoms with Gasteiger partial charge in [-0.05, 0) is 56.9 Å². The number of rotatable bonds is 8. The number of nitrogens with zero attached hydrogens (tertiary/aromatic N) is 2. The molecule has 2 fully saturated rings. The Morgan fingerprint density at radius 3 is 2.49 bits per heavy atom. The lowest BCUT2D eigenvalue weighted by Crippen LogP contribution is -2.60. The quantitative estimate of drug-likeness (QED) is 0.538. The number of benzene rings is 2. The maximum absolute atomic E-state index is 13.9. The number of amides is 3. The van der Waals surface area contributed by atoms with Gasteiger partial charge in [0.15, 0.2) is 0 Å². The van der Waals surface area contributed by atoms with Crippen LogP contribution in [-0.2, 0) is 25.7 Å². The first-order valence-corrected chi connectivity index (χ1v) is 13.4. The summed E-state index contributed by atoms with van der Waals surface area (Å²) in [6, 6.07) is 13.2. The molecule has 2 aromatic carbocycles. The van der Waals surface area contributed by atoms with Crippen LogP contribution < -0.4 is 11.1 Å². The Morgan fingerprint density at radius 1 is 1.18 bits per heavy atom. The van der Waals surface area contributed by atoms with Gasteiger partial charge in [-0.15, -0.1) is 0 Å². The molecule has 3 amide bonds. The largest absolute Gasteiger partial charge is 0.374 e. The first kappa shape index (κ1) is 28.7. The summed E-state index contributed by atoms with van der Waals surface area (Å²) in [6.45, 7) is 6.56. The molecule has 39 heavy (non-hydrogen) atoms. The number of piperidine rings is 1. The fourth-order valence-corrected chi connectivity index (χ4v) is 5.63. The first-order valence-electron chi connectivity index (χ1n) is 13.4. The standard InChI is InChI=1S/C30H39FN4O4/c1-20-6-10-22(11-7-20)24-16-34(4)28(38)30(24)14-5-15-35(19-30)26(36)25(33-27(37)29(2,3)32)18-39-17-21-8-12-23(31)13-9-21/h6-13,24-25H,5,14-19,32H2,1-4H3,(H,33,37). The second-order valence-corrected chi connectivity index (χ2v) is 11.6. The van der Waals surface area contributed by atoms with Gasteiger partial charge in [0.2, 0.25) is 17.7 Å². The molecule has 2 aliphatic rings. The van der Waals surface area contributed by atoms with E-state index in [-0.39, 0.29) is 43.3 Å². The Hall–Kier alpha value is -3.30. The van der Waals surface area contributed by atoms with Crippen LogP contribution in [0.3, 0.4) is 0 Å². The van der Waals surface area contributed by atoms with E-state index in [1.807, 2.05) is 14.0 Å². The van der Waals surface area contributed by atoms with Gasteiger partial charge in [-0.25, -0.2) is 4.39 Å². The van der Waals surface area contributed by atoms with Crippen LogP contribution in [0.25, 0.3) is 0 Å². The highest BCUT2D eigenvalue weighted by Gasteiger charge is 2.55. The van der Waals surface area contributed by atoms with Crippen molar-refractivity contribution < 1.29 is 23.5 Å². The van der Waals surface area contributed by atoms with Crippen molar-refractivity contribution in [2.45, 2.75) is 57.7 Å². The van der Waals surface area contributed by atoms with E-state index in [4.69, 9.17) is 10.5 Å². The van der Waals surface area contributed by atoms with Gasteiger partial charge in [-0.2, -0.15) is 0 Å². The summed E-state index contributed by atoms with van der Waals surface area (Å²) in [5.41, 5.74) is 7.05. The third kappa shape index (κ3) is 6.31. The Kier molecular flexibility index (Phi) is 8.42. The van der Waals surface area contributed by atoms with E-state index in [1.165, 1.54) is 12.1 Å². The van der Waals surface area contributed by atoms with Crippen molar-refractivity contribution in [3.63, 3.8) is 0 Å². The summed E-state index contributed by atoms with van der Waals surface area (Å²) in [4.78, 5) is 43.7. The second kappa shape index (κ2) is 11.4. The molecule has 2 heterocycles. The lowest BCUT2D eigenvalue weighted by Gasteiger charge is -2.43. The van der Waals surface area contributed by atoms with Crippen LogP contribution in [0.15, 0.2) is 48.5 Å². The van der Waals surface area contributed by atoms with Crippen LogP contribution in [0, 0.1) is 18.2 Å². The molecule has 210 valence electrons. The van der Waals surface area contributed by atoms with Crippen LogP contribution in [0.1, 0.15) is 49.3 Å². The van der Waals surface area contributed by atoms with Gasteiger partial charge in [-0.3, -0.25) is 14.4 Å². The number of halogens is 1. The number of hydrogen-bond donors (Lipinski definition) is 2. The van der Waals surface area contributed by atoms with Crippen molar-refractivity contribution in [2.24, 2.45) is 11.1 Å². The third-order valence-corrected chi connectivity index (χ3v) is 7.87. The minimum absolute atomic E-state index is 0.0433. The number of nitrogens with two attached hydrogens (primary N) is 1. The van der Waals surface area contributed by atoms with Crippen molar-refractivity contribution in [1.29, 1.82) is 0 Å².